The van der Waals surface area contributed by atoms with Gasteiger partial charge in [-0.05, 0) is 40.1 Å². The van der Waals surface area contributed by atoms with Gasteiger partial charge in [0, 0.05) is 4.47 Å². The van der Waals surface area contributed by atoms with E-state index in [1.54, 1.807) is 7.11 Å². The summed E-state index contributed by atoms with van der Waals surface area (Å²) in [5, 5.41) is 2.47. The monoisotopic (exact) mass is 404 g/mol. The van der Waals surface area contributed by atoms with E-state index in [0.29, 0.717) is 0 Å². The number of halogens is 2. The number of rotatable bonds is 3. The SMILES string of the molecule is COc1cccc(C(Br)c2ccc(Br)c3ccccc23)c1. The first kappa shape index (κ1) is 14.6. The number of hydrogen-bond donors (Lipinski definition) is 0. The lowest BCUT2D eigenvalue weighted by Crippen LogP contribution is -1.95. The van der Waals surface area contributed by atoms with E-state index in [-0.39, 0.29) is 4.83 Å². The zero-order valence-corrected chi connectivity index (χ0v) is 14.7. The van der Waals surface area contributed by atoms with E-state index in [0.717, 1.165) is 10.2 Å². The zero-order valence-electron chi connectivity index (χ0n) is 11.5. The highest BCUT2D eigenvalue weighted by Crippen LogP contribution is 2.38. The molecule has 0 aromatic heterocycles. The van der Waals surface area contributed by atoms with Crippen molar-refractivity contribution in [1.29, 1.82) is 0 Å². The number of hydrogen-bond acceptors (Lipinski definition) is 1. The van der Waals surface area contributed by atoms with Crippen LogP contribution in [0.2, 0.25) is 0 Å². The van der Waals surface area contributed by atoms with E-state index in [1.807, 2.05) is 12.1 Å². The van der Waals surface area contributed by atoms with E-state index in [2.05, 4.69) is 80.4 Å². The Kier molecular flexibility index (Phi) is 4.32. The van der Waals surface area contributed by atoms with E-state index in [4.69, 9.17) is 4.74 Å². The van der Waals surface area contributed by atoms with Crippen LogP contribution < -0.4 is 4.74 Å². The molecule has 0 fully saturated rings. The summed E-state index contributed by atoms with van der Waals surface area (Å²) in [5.74, 6) is 0.873. The maximum atomic E-state index is 5.32. The molecule has 0 aliphatic rings. The highest BCUT2D eigenvalue weighted by atomic mass is 79.9. The number of methoxy groups -OCH3 is 1. The molecule has 21 heavy (non-hydrogen) atoms. The minimum Gasteiger partial charge on any atom is -0.497 e. The van der Waals surface area contributed by atoms with Crippen LogP contribution in [-0.4, -0.2) is 7.11 Å². The van der Waals surface area contributed by atoms with Crippen LogP contribution in [0, 0.1) is 0 Å². The summed E-state index contributed by atoms with van der Waals surface area (Å²) in [6, 6.07) is 20.8. The topological polar surface area (TPSA) is 9.23 Å². The van der Waals surface area contributed by atoms with Crippen LogP contribution in [0.3, 0.4) is 0 Å². The normalized spacial score (nSPS) is 12.3. The molecule has 0 N–H and O–H groups in total. The van der Waals surface area contributed by atoms with Crippen molar-refractivity contribution in [2.75, 3.05) is 7.11 Å². The lowest BCUT2D eigenvalue weighted by atomic mass is 9.98. The summed E-state index contributed by atoms with van der Waals surface area (Å²) >= 11 is 7.46. The molecule has 0 aliphatic heterocycles. The van der Waals surface area contributed by atoms with Gasteiger partial charge in [0.15, 0.2) is 0 Å². The molecule has 1 nitrogen and oxygen atoms in total. The zero-order chi connectivity index (χ0) is 14.8. The number of alkyl halides is 1. The van der Waals surface area contributed by atoms with Gasteiger partial charge in [-0.15, -0.1) is 0 Å². The molecule has 0 radical (unpaired) electrons. The Morgan fingerprint density at radius 2 is 1.67 bits per heavy atom. The quantitative estimate of drug-likeness (QED) is 0.478. The van der Waals surface area contributed by atoms with Crippen molar-refractivity contribution in [2.45, 2.75) is 4.83 Å². The molecule has 0 bridgehead atoms. The molecule has 0 heterocycles. The smallest absolute Gasteiger partial charge is 0.119 e. The molecule has 1 unspecified atom stereocenters. The molecule has 3 rings (SSSR count). The van der Waals surface area contributed by atoms with E-state index in [1.165, 1.54) is 21.9 Å². The van der Waals surface area contributed by atoms with Crippen LogP contribution in [0.1, 0.15) is 16.0 Å². The summed E-state index contributed by atoms with van der Waals surface area (Å²) < 4.78 is 6.44. The Hall–Kier alpha value is -1.32. The van der Waals surface area contributed by atoms with Gasteiger partial charge < -0.3 is 4.74 Å². The molecule has 106 valence electrons. The predicted molar refractivity (Wildman–Crippen MR) is 95.4 cm³/mol. The molecule has 0 saturated heterocycles. The van der Waals surface area contributed by atoms with Gasteiger partial charge in [0.1, 0.15) is 5.75 Å². The van der Waals surface area contributed by atoms with Crippen molar-refractivity contribution in [3.63, 3.8) is 0 Å². The average Bonchev–Trinajstić information content (AvgIpc) is 2.55. The Balaban J connectivity index is 2.13. The van der Waals surface area contributed by atoms with Gasteiger partial charge in [-0.3, -0.25) is 0 Å². The minimum absolute atomic E-state index is 0.130. The van der Waals surface area contributed by atoms with E-state index >= 15 is 0 Å². The lowest BCUT2D eigenvalue weighted by Gasteiger charge is -2.15. The second-order valence-corrected chi connectivity index (χ2v) is 6.59. The van der Waals surface area contributed by atoms with Gasteiger partial charge in [-0.25, -0.2) is 0 Å². The van der Waals surface area contributed by atoms with Crippen LogP contribution in [0.5, 0.6) is 5.75 Å². The standard InChI is InChI=1S/C18H14Br2O/c1-21-13-6-4-5-12(11-13)18(20)16-9-10-17(19)15-8-3-2-7-14(15)16/h2-11,18H,1H3. The molecule has 3 aromatic carbocycles. The Labute approximate surface area is 141 Å². The first-order valence-electron chi connectivity index (χ1n) is 6.66. The minimum atomic E-state index is 0.130. The summed E-state index contributed by atoms with van der Waals surface area (Å²) in [7, 11) is 1.69. The van der Waals surface area contributed by atoms with E-state index < -0.39 is 0 Å². The molecule has 0 saturated carbocycles. The van der Waals surface area contributed by atoms with Gasteiger partial charge in [-0.1, -0.05) is 74.3 Å². The lowest BCUT2D eigenvalue weighted by molar-refractivity contribution is 0.414. The maximum Gasteiger partial charge on any atom is 0.119 e. The van der Waals surface area contributed by atoms with Crippen LogP contribution in [-0.2, 0) is 0 Å². The van der Waals surface area contributed by atoms with Crippen molar-refractivity contribution >= 4 is 42.6 Å². The fraction of sp³-hybridized carbons (Fsp3) is 0.111. The fourth-order valence-corrected chi connectivity index (χ4v) is 3.65. The largest absolute Gasteiger partial charge is 0.497 e. The molecular weight excluding hydrogens is 392 g/mol. The van der Waals surface area contributed by atoms with Crippen molar-refractivity contribution < 1.29 is 4.74 Å². The van der Waals surface area contributed by atoms with Crippen LogP contribution in [0.15, 0.2) is 65.1 Å². The maximum absolute atomic E-state index is 5.32. The number of fused-ring (bicyclic) bond motifs is 1. The summed E-state index contributed by atoms with van der Waals surface area (Å²) in [4.78, 5) is 0.130. The molecule has 3 heteroatoms. The number of ether oxygens (including phenoxy) is 1. The van der Waals surface area contributed by atoms with Crippen molar-refractivity contribution in [3.05, 3.63) is 76.3 Å². The summed E-state index contributed by atoms with van der Waals surface area (Å²) in [6.45, 7) is 0. The Morgan fingerprint density at radius 1 is 0.905 bits per heavy atom. The molecular formula is C18H14Br2O. The Morgan fingerprint density at radius 3 is 2.43 bits per heavy atom. The fourth-order valence-electron chi connectivity index (χ4n) is 2.49. The summed E-state index contributed by atoms with van der Waals surface area (Å²) in [6.07, 6.45) is 0. The van der Waals surface area contributed by atoms with Gasteiger partial charge in [0.2, 0.25) is 0 Å². The summed E-state index contributed by atoms with van der Waals surface area (Å²) in [5.41, 5.74) is 2.43. The van der Waals surface area contributed by atoms with Gasteiger partial charge in [0.05, 0.1) is 11.9 Å². The van der Waals surface area contributed by atoms with Gasteiger partial charge in [-0.2, -0.15) is 0 Å². The van der Waals surface area contributed by atoms with Crippen LogP contribution >= 0.6 is 31.9 Å². The first-order chi connectivity index (χ1) is 10.2. The Bertz CT molecular complexity index is 783. The molecule has 1 atom stereocenters. The third kappa shape index (κ3) is 2.85. The van der Waals surface area contributed by atoms with E-state index in [9.17, 15) is 0 Å². The van der Waals surface area contributed by atoms with Crippen molar-refractivity contribution in [1.82, 2.24) is 0 Å². The van der Waals surface area contributed by atoms with Crippen molar-refractivity contribution in [3.8, 4) is 5.75 Å². The third-order valence-electron chi connectivity index (χ3n) is 3.56. The highest BCUT2D eigenvalue weighted by molar-refractivity contribution is 9.10. The second kappa shape index (κ2) is 6.20. The van der Waals surface area contributed by atoms with Crippen LogP contribution in [0.4, 0.5) is 0 Å². The average molecular weight is 406 g/mol. The molecule has 3 aromatic rings. The molecule has 0 spiro atoms. The van der Waals surface area contributed by atoms with Gasteiger partial charge >= 0.3 is 0 Å². The molecule has 0 aliphatic carbocycles. The predicted octanol–water partition coefficient (Wildman–Crippen LogP) is 6.10. The van der Waals surface area contributed by atoms with Crippen LogP contribution in [0.25, 0.3) is 10.8 Å². The number of benzene rings is 3. The molecule has 0 amide bonds. The van der Waals surface area contributed by atoms with Gasteiger partial charge in [0.25, 0.3) is 0 Å². The second-order valence-electron chi connectivity index (χ2n) is 4.82. The van der Waals surface area contributed by atoms with Crippen molar-refractivity contribution in [2.24, 2.45) is 0 Å². The highest BCUT2D eigenvalue weighted by Gasteiger charge is 2.15. The first-order valence-corrected chi connectivity index (χ1v) is 8.36. The third-order valence-corrected chi connectivity index (χ3v) is 5.28.